The number of nitrogens with one attached hydrogen (secondary N) is 2. The van der Waals surface area contributed by atoms with E-state index in [0.29, 0.717) is 18.4 Å². The Morgan fingerprint density at radius 1 is 1.21 bits per heavy atom. The van der Waals surface area contributed by atoms with Crippen LogP contribution < -0.4 is 5.56 Å². The molecule has 5 heteroatoms. The molecule has 0 spiro atoms. The van der Waals surface area contributed by atoms with Crippen molar-refractivity contribution in [1.29, 1.82) is 0 Å². The summed E-state index contributed by atoms with van der Waals surface area (Å²) >= 11 is 0. The minimum Gasteiger partial charge on any atom is -0.469 e. The zero-order chi connectivity index (χ0) is 13.1. The fraction of sp³-hybridized carbons (Fsp3) is 0.143. The van der Waals surface area contributed by atoms with Crippen LogP contribution in [0.15, 0.2) is 52.1 Å². The summed E-state index contributed by atoms with van der Waals surface area (Å²) < 4.78 is 5.26. The Bertz CT molecular complexity index is 697. The van der Waals surface area contributed by atoms with Gasteiger partial charge in [0.15, 0.2) is 0 Å². The van der Waals surface area contributed by atoms with Gasteiger partial charge in [-0.3, -0.25) is 4.79 Å². The molecule has 3 rings (SSSR count). The molecule has 0 aliphatic heterocycles. The van der Waals surface area contributed by atoms with Crippen LogP contribution in [-0.2, 0) is 12.8 Å². The molecule has 0 aromatic carbocycles. The monoisotopic (exact) mass is 255 g/mol. The van der Waals surface area contributed by atoms with Crippen LogP contribution in [0, 0.1) is 0 Å². The van der Waals surface area contributed by atoms with Crippen molar-refractivity contribution in [2.24, 2.45) is 0 Å². The topological polar surface area (TPSA) is 74.7 Å². The fourth-order valence-corrected chi connectivity index (χ4v) is 1.96. The molecule has 0 saturated heterocycles. The molecular formula is C14H13N3O2. The standard InChI is InChI=1S/C14H13N3O2/c18-14-10(8-13-15-5-6-16-13)3-4-11(17-14)9-12-2-1-7-19-12/h1-7H,8-9H2,(H,15,16)(H,17,18). The van der Waals surface area contributed by atoms with Crippen molar-refractivity contribution in [2.75, 3.05) is 0 Å². The van der Waals surface area contributed by atoms with Gasteiger partial charge in [-0.05, 0) is 18.2 Å². The lowest BCUT2D eigenvalue weighted by molar-refractivity contribution is 0.519. The van der Waals surface area contributed by atoms with Crippen LogP contribution in [0.2, 0.25) is 0 Å². The number of nitrogens with zero attached hydrogens (tertiary/aromatic N) is 1. The van der Waals surface area contributed by atoms with Gasteiger partial charge in [-0.2, -0.15) is 0 Å². The number of imidazole rings is 1. The number of aromatic amines is 2. The van der Waals surface area contributed by atoms with Crippen LogP contribution in [0.4, 0.5) is 0 Å². The Labute approximate surface area is 109 Å². The van der Waals surface area contributed by atoms with Crippen LogP contribution in [0.1, 0.15) is 22.8 Å². The van der Waals surface area contributed by atoms with Crippen LogP contribution in [0.5, 0.6) is 0 Å². The first-order valence-electron chi connectivity index (χ1n) is 6.03. The highest BCUT2D eigenvalue weighted by Gasteiger charge is 2.05. The first-order valence-corrected chi connectivity index (χ1v) is 6.03. The summed E-state index contributed by atoms with van der Waals surface area (Å²) in [5, 5.41) is 0. The second kappa shape index (κ2) is 4.97. The van der Waals surface area contributed by atoms with Crippen LogP contribution in [0.3, 0.4) is 0 Å². The van der Waals surface area contributed by atoms with E-state index in [9.17, 15) is 4.79 Å². The van der Waals surface area contributed by atoms with E-state index in [1.165, 1.54) is 0 Å². The minimum atomic E-state index is -0.0829. The molecule has 19 heavy (non-hydrogen) atoms. The maximum Gasteiger partial charge on any atom is 0.251 e. The van der Waals surface area contributed by atoms with Crippen molar-refractivity contribution in [3.63, 3.8) is 0 Å². The fourth-order valence-electron chi connectivity index (χ4n) is 1.96. The van der Waals surface area contributed by atoms with Gasteiger partial charge in [0.2, 0.25) is 0 Å². The van der Waals surface area contributed by atoms with Crippen molar-refractivity contribution in [3.05, 3.63) is 76.1 Å². The van der Waals surface area contributed by atoms with Gasteiger partial charge < -0.3 is 14.4 Å². The molecule has 0 aliphatic carbocycles. The zero-order valence-electron chi connectivity index (χ0n) is 10.2. The summed E-state index contributed by atoms with van der Waals surface area (Å²) in [4.78, 5) is 21.9. The number of hydrogen-bond acceptors (Lipinski definition) is 3. The number of pyridine rings is 1. The van der Waals surface area contributed by atoms with Gasteiger partial charge in [0.25, 0.3) is 5.56 Å². The average molecular weight is 255 g/mol. The van der Waals surface area contributed by atoms with E-state index in [4.69, 9.17) is 4.42 Å². The number of rotatable bonds is 4. The average Bonchev–Trinajstić information content (AvgIpc) is 3.05. The van der Waals surface area contributed by atoms with Gasteiger partial charge in [0.05, 0.1) is 6.26 Å². The first-order chi connectivity index (χ1) is 9.31. The summed E-state index contributed by atoms with van der Waals surface area (Å²) in [6, 6.07) is 7.45. The third-order valence-corrected chi connectivity index (χ3v) is 2.91. The molecule has 5 nitrogen and oxygen atoms in total. The Hall–Kier alpha value is -2.56. The van der Waals surface area contributed by atoms with Crippen LogP contribution in [0.25, 0.3) is 0 Å². The highest BCUT2D eigenvalue weighted by Crippen LogP contribution is 2.08. The van der Waals surface area contributed by atoms with Gasteiger partial charge in [0, 0.05) is 36.5 Å². The molecule has 96 valence electrons. The molecule has 2 N–H and O–H groups in total. The number of furan rings is 1. The van der Waals surface area contributed by atoms with E-state index in [-0.39, 0.29) is 5.56 Å². The number of hydrogen-bond donors (Lipinski definition) is 2. The van der Waals surface area contributed by atoms with Crippen molar-refractivity contribution < 1.29 is 4.42 Å². The zero-order valence-corrected chi connectivity index (χ0v) is 10.2. The minimum absolute atomic E-state index is 0.0829. The third kappa shape index (κ3) is 2.65. The van der Waals surface area contributed by atoms with E-state index in [2.05, 4.69) is 15.0 Å². The number of H-pyrrole nitrogens is 2. The molecule has 0 atom stereocenters. The van der Waals surface area contributed by atoms with Crippen LogP contribution >= 0.6 is 0 Å². The van der Waals surface area contributed by atoms with Gasteiger partial charge in [-0.1, -0.05) is 6.07 Å². The van der Waals surface area contributed by atoms with Gasteiger partial charge in [0.1, 0.15) is 11.6 Å². The predicted octanol–water partition coefficient (Wildman–Crippen LogP) is 1.87. The molecular weight excluding hydrogens is 242 g/mol. The molecule has 0 fully saturated rings. The van der Waals surface area contributed by atoms with Crippen molar-refractivity contribution >= 4 is 0 Å². The molecule has 0 unspecified atom stereocenters. The second-order valence-corrected chi connectivity index (χ2v) is 4.31. The Balaban J connectivity index is 1.80. The van der Waals surface area contributed by atoms with Gasteiger partial charge in [-0.15, -0.1) is 0 Å². The van der Waals surface area contributed by atoms with Crippen molar-refractivity contribution in [2.45, 2.75) is 12.8 Å². The summed E-state index contributed by atoms with van der Waals surface area (Å²) in [6.45, 7) is 0. The molecule has 3 aromatic heterocycles. The van der Waals surface area contributed by atoms with Crippen molar-refractivity contribution in [1.82, 2.24) is 15.0 Å². The van der Waals surface area contributed by atoms with E-state index in [1.807, 2.05) is 24.3 Å². The van der Waals surface area contributed by atoms with E-state index >= 15 is 0 Å². The van der Waals surface area contributed by atoms with Crippen molar-refractivity contribution in [3.8, 4) is 0 Å². The smallest absolute Gasteiger partial charge is 0.251 e. The number of aromatic nitrogens is 3. The molecule has 3 aromatic rings. The van der Waals surface area contributed by atoms with Gasteiger partial charge in [-0.25, -0.2) is 4.98 Å². The maximum atomic E-state index is 12.0. The van der Waals surface area contributed by atoms with E-state index in [1.54, 1.807) is 18.7 Å². The van der Waals surface area contributed by atoms with E-state index < -0.39 is 0 Å². The lowest BCUT2D eigenvalue weighted by atomic mass is 10.1. The molecule has 0 amide bonds. The summed E-state index contributed by atoms with van der Waals surface area (Å²) in [5.41, 5.74) is 1.45. The first kappa shape index (κ1) is 11.5. The normalized spacial score (nSPS) is 10.7. The van der Waals surface area contributed by atoms with Gasteiger partial charge >= 0.3 is 0 Å². The molecule has 0 aliphatic rings. The highest BCUT2D eigenvalue weighted by atomic mass is 16.3. The SMILES string of the molecule is O=c1[nH]c(Cc2ccco2)ccc1Cc1ncc[nH]1. The predicted molar refractivity (Wildman–Crippen MR) is 70.0 cm³/mol. The lowest BCUT2D eigenvalue weighted by Gasteiger charge is -2.01. The summed E-state index contributed by atoms with van der Waals surface area (Å²) in [7, 11) is 0. The molecule has 0 saturated carbocycles. The molecule has 0 radical (unpaired) electrons. The Morgan fingerprint density at radius 2 is 2.16 bits per heavy atom. The third-order valence-electron chi connectivity index (χ3n) is 2.91. The second-order valence-electron chi connectivity index (χ2n) is 4.31. The Kier molecular flexibility index (Phi) is 3.02. The van der Waals surface area contributed by atoms with Crippen LogP contribution in [-0.4, -0.2) is 15.0 Å². The van der Waals surface area contributed by atoms with E-state index in [0.717, 1.165) is 17.3 Å². The maximum absolute atomic E-state index is 12.0. The highest BCUT2D eigenvalue weighted by molar-refractivity contribution is 5.20. The Morgan fingerprint density at radius 3 is 2.84 bits per heavy atom. The quantitative estimate of drug-likeness (QED) is 0.747. The molecule has 3 heterocycles. The summed E-state index contributed by atoms with van der Waals surface area (Å²) in [5.74, 6) is 1.61. The molecule has 0 bridgehead atoms. The largest absolute Gasteiger partial charge is 0.469 e. The lowest BCUT2D eigenvalue weighted by Crippen LogP contribution is -2.15. The summed E-state index contributed by atoms with van der Waals surface area (Å²) in [6.07, 6.45) is 6.13.